The Bertz CT molecular complexity index is 1160. The zero-order valence-electron chi connectivity index (χ0n) is 14.8. The summed E-state index contributed by atoms with van der Waals surface area (Å²) in [5.74, 6) is 0.174. The smallest absolute Gasteiger partial charge is 0.191 e. The summed E-state index contributed by atoms with van der Waals surface area (Å²) in [6.07, 6.45) is 1.41. The number of nitrogens with zero attached hydrogens (tertiary/aromatic N) is 4. The molecule has 0 aliphatic heterocycles. The molecule has 0 spiro atoms. The van der Waals surface area contributed by atoms with Gasteiger partial charge < -0.3 is 20.8 Å². The third kappa shape index (κ3) is 3.81. The van der Waals surface area contributed by atoms with Crippen LogP contribution in [0, 0.1) is 5.41 Å². The zero-order chi connectivity index (χ0) is 20.3. The van der Waals surface area contributed by atoms with E-state index < -0.39 is 0 Å². The van der Waals surface area contributed by atoms with Gasteiger partial charge in [-0.05, 0) is 52.7 Å². The first-order valence-corrected chi connectivity index (χ1v) is 8.99. The molecule has 0 fully saturated rings. The first kappa shape index (κ1) is 19.4. The highest BCUT2D eigenvalue weighted by molar-refractivity contribution is 9.10. The molecule has 0 unspecified atom stereocenters. The lowest BCUT2D eigenvalue weighted by molar-refractivity contribution is 0.183. The number of rotatable bonds is 5. The topological polar surface area (TPSA) is 142 Å². The van der Waals surface area contributed by atoms with Gasteiger partial charge in [0.1, 0.15) is 5.52 Å². The minimum atomic E-state index is -0.304. The third-order valence-electron chi connectivity index (χ3n) is 3.74. The Kier molecular flexibility index (Phi) is 5.59. The zero-order valence-corrected chi connectivity index (χ0v) is 16.4. The number of nitrogens with one attached hydrogen (secondary N) is 1. The second-order valence-corrected chi connectivity index (χ2v) is 6.48. The Morgan fingerprint density at radius 2 is 2.14 bits per heavy atom. The Morgan fingerprint density at radius 3 is 2.89 bits per heavy atom. The van der Waals surface area contributed by atoms with E-state index in [4.69, 9.17) is 15.9 Å². The van der Waals surface area contributed by atoms with Crippen molar-refractivity contribution in [3.8, 4) is 11.5 Å². The molecule has 2 aromatic carbocycles. The van der Waals surface area contributed by atoms with Crippen LogP contribution in [-0.2, 0) is 0 Å². The highest BCUT2D eigenvalue weighted by Crippen LogP contribution is 2.35. The van der Waals surface area contributed by atoms with Crippen molar-refractivity contribution in [1.82, 2.24) is 9.71 Å². The summed E-state index contributed by atoms with van der Waals surface area (Å²) < 4.78 is 6.49. The average Bonchev–Trinajstić information content (AvgIpc) is 2.68. The number of para-hydroxylation sites is 2. The Balaban J connectivity index is 1.94. The fraction of sp³-hybridized carbons (Fsp3) is 0.111. The van der Waals surface area contributed by atoms with E-state index in [2.05, 4.69) is 31.1 Å². The molecule has 144 valence electrons. The summed E-state index contributed by atoms with van der Waals surface area (Å²) in [5, 5.41) is 35.9. The number of amidine groups is 1. The molecule has 1 heterocycles. The summed E-state index contributed by atoms with van der Waals surface area (Å²) in [6.45, 7) is 2.20. The summed E-state index contributed by atoms with van der Waals surface area (Å²) in [4.78, 5) is 4.27. The van der Waals surface area contributed by atoms with E-state index in [9.17, 15) is 10.3 Å². The van der Waals surface area contributed by atoms with Crippen LogP contribution in [0.5, 0.6) is 11.5 Å². The van der Waals surface area contributed by atoms with Crippen LogP contribution in [0.2, 0.25) is 0 Å². The molecule has 0 atom stereocenters. The summed E-state index contributed by atoms with van der Waals surface area (Å²) in [5.41, 5.74) is 7.05. The van der Waals surface area contributed by atoms with Gasteiger partial charge in [-0.1, -0.05) is 12.1 Å². The summed E-state index contributed by atoms with van der Waals surface area (Å²) >= 11 is 3.25. The maximum Gasteiger partial charge on any atom is 0.191 e. The van der Waals surface area contributed by atoms with Crippen molar-refractivity contribution in [3.63, 3.8) is 0 Å². The number of ether oxygens (including phenoxy) is 1. The van der Waals surface area contributed by atoms with Crippen LogP contribution >= 0.6 is 15.9 Å². The lowest BCUT2D eigenvalue weighted by Gasteiger charge is -2.08. The summed E-state index contributed by atoms with van der Waals surface area (Å²) in [7, 11) is 0. The lowest BCUT2D eigenvalue weighted by atomic mass is 10.2. The number of fused-ring (bicyclic) bond motifs is 1. The van der Waals surface area contributed by atoms with Crippen LogP contribution in [0.4, 0.5) is 0 Å². The molecule has 3 aromatic rings. The van der Waals surface area contributed by atoms with E-state index in [0.29, 0.717) is 38.2 Å². The first-order valence-electron chi connectivity index (χ1n) is 8.20. The van der Waals surface area contributed by atoms with E-state index >= 15 is 0 Å². The number of nitrogens with two attached hydrogens (primary N) is 1. The Hall–Kier alpha value is -3.40. The van der Waals surface area contributed by atoms with Gasteiger partial charge in [0.15, 0.2) is 28.5 Å². The van der Waals surface area contributed by atoms with Gasteiger partial charge in [0, 0.05) is 0 Å². The monoisotopic (exact) mass is 444 g/mol. The molecule has 28 heavy (non-hydrogen) atoms. The molecule has 5 N–H and O–H groups in total. The molecule has 0 amide bonds. The first-order chi connectivity index (χ1) is 13.4. The fourth-order valence-electron chi connectivity index (χ4n) is 2.45. The van der Waals surface area contributed by atoms with Crippen LogP contribution in [0.25, 0.3) is 11.0 Å². The number of benzene rings is 2. The number of hydrogen-bond donors (Lipinski definition) is 4. The number of hydrogen-bond acceptors (Lipinski definition) is 7. The van der Waals surface area contributed by atoms with Crippen LogP contribution in [0.3, 0.4) is 0 Å². The maximum atomic E-state index is 10.1. The predicted octanol–water partition coefficient (Wildman–Crippen LogP) is 2.36. The molecular formula is C18H17BrN6O3. The quantitative estimate of drug-likeness (QED) is 0.206. The SMILES string of the molecule is CCOc1cc(/C=N/N=C(N)c2nc3ccccc3n(O)c2=N)cc(Br)c1O. The minimum Gasteiger partial charge on any atom is -0.503 e. The van der Waals surface area contributed by atoms with Gasteiger partial charge in [0.2, 0.25) is 0 Å². The molecule has 0 radical (unpaired) electrons. The van der Waals surface area contributed by atoms with Crippen molar-refractivity contribution in [3.05, 3.63) is 57.6 Å². The number of phenolic OH excluding ortho intramolecular Hbond substituents is 1. The fourth-order valence-corrected chi connectivity index (χ4v) is 2.91. The molecule has 0 aliphatic carbocycles. The van der Waals surface area contributed by atoms with Gasteiger partial charge in [-0.2, -0.15) is 9.83 Å². The summed E-state index contributed by atoms with van der Waals surface area (Å²) in [6, 6.07) is 10.0. The van der Waals surface area contributed by atoms with Crippen molar-refractivity contribution >= 4 is 39.0 Å². The van der Waals surface area contributed by atoms with Gasteiger partial charge in [-0.3, -0.25) is 5.41 Å². The average molecular weight is 445 g/mol. The Labute approximate surface area is 168 Å². The minimum absolute atomic E-state index is 0.000224. The largest absolute Gasteiger partial charge is 0.503 e. The van der Waals surface area contributed by atoms with E-state index in [-0.39, 0.29) is 22.8 Å². The second-order valence-electron chi connectivity index (χ2n) is 5.62. The number of phenols is 1. The lowest BCUT2D eigenvalue weighted by Crippen LogP contribution is -2.31. The van der Waals surface area contributed by atoms with Crippen LogP contribution in [-0.4, -0.2) is 38.7 Å². The standard InChI is InChI=1S/C18H17BrN6O3/c1-2-28-14-8-10(7-11(19)16(14)26)9-22-24-17(20)15-18(21)25(27)13-6-4-3-5-12(13)23-15/h3-9,21,26-27H,2H2,1H3,(H2,20,24)/b21-18?,22-9+. The van der Waals surface area contributed by atoms with Crippen molar-refractivity contribution in [2.75, 3.05) is 6.61 Å². The predicted molar refractivity (Wildman–Crippen MR) is 108 cm³/mol. The molecule has 1 aromatic heterocycles. The number of halogens is 1. The number of aromatic hydroxyl groups is 1. The molecule has 0 aliphatic rings. The van der Waals surface area contributed by atoms with Gasteiger partial charge in [-0.15, -0.1) is 5.10 Å². The molecule has 3 rings (SSSR count). The molecule has 0 saturated carbocycles. The van der Waals surface area contributed by atoms with Crippen molar-refractivity contribution in [1.29, 1.82) is 5.41 Å². The van der Waals surface area contributed by atoms with Crippen LogP contribution in [0.15, 0.2) is 51.1 Å². The van der Waals surface area contributed by atoms with Gasteiger partial charge in [0.05, 0.1) is 22.8 Å². The normalized spacial score (nSPS) is 12.0. The number of aromatic nitrogens is 2. The van der Waals surface area contributed by atoms with Crippen molar-refractivity contribution in [2.45, 2.75) is 6.92 Å². The molecule has 0 bridgehead atoms. The van der Waals surface area contributed by atoms with Crippen LogP contribution in [0.1, 0.15) is 18.2 Å². The van der Waals surface area contributed by atoms with E-state index in [1.807, 2.05) is 6.92 Å². The highest BCUT2D eigenvalue weighted by Gasteiger charge is 2.11. The van der Waals surface area contributed by atoms with Gasteiger partial charge in [-0.25, -0.2) is 4.98 Å². The highest BCUT2D eigenvalue weighted by atomic mass is 79.9. The van der Waals surface area contributed by atoms with Crippen molar-refractivity contribution < 1.29 is 15.1 Å². The molecule has 9 nitrogen and oxygen atoms in total. The molecular weight excluding hydrogens is 428 g/mol. The molecule has 10 heteroatoms. The second kappa shape index (κ2) is 8.09. The molecule has 0 saturated heterocycles. The maximum absolute atomic E-state index is 10.1. The Morgan fingerprint density at radius 1 is 1.39 bits per heavy atom. The third-order valence-corrected chi connectivity index (χ3v) is 4.35. The van der Waals surface area contributed by atoms with Gasteiger partial charge >= 0.3 is 0 Å². The van der Waals surface area contributed by atoms with E-state index in [1.54, 1.807) is 36.4 Å². The van der Waals surface area contributed by atoms with Crippen LogP contribution < -0.4 is 16.0 Å². The van der Waals surface area contributed by atoms with E-state index in [1.165, 1.54) is 6.21 Å². The van der Waals surface area contributed by atoms with Gasteiger partial charge in [0.25, 0.3) is 0 Å². The van der Waals surface area contributed by atoms with Crippen molar-refractivity contribution in [2.24, 2.45) is 15.9 Å². The van der Waals surface area contributed by atoms with E-state index in [0.717, 1.165) is 0 Å².